The van der Waals surface area contributed by atoms with Gasteiger partial charge in [0.05, 0.1) is 5.71 Å². The highest BCUT2D eigenvalue weighted by molar-refractivity contribution is 9.10. The molecule has 1 aromatic carbocycles. The van der Waals surface area contributed by atoms with Crippen LogP contribution >= 0.6 is 28.1 Å². The average molecular weight is 340 g/mol. The zero-order valence-corrected chi connectivity index (χ0v) is 13.4. The Morgan fingerprint density at radius 3 is 3.11 bits per heavy atom. The number of hydrogen-bond acceptors (Lipinski definition) is 2. The first-order valence-electron chi connectivity index (χ1n) is 6.59. The minimum absolute atomic E-state index is 0.735. The normalized spacial score (nSPS) is 14.4. The SMILES string of the molecule is CCCCNC(=S)N1CCC(c2cccc(Br)c2)=N1. The van der Waals surface area contributed by atoms with Gasteiger partial charge in [-0.15, -0.1) is 0 Å². The molecule has 3 nitrogen and oxygen atoms in total. The average Bonchev–Trinajstić information content (AvgIpc) is 2.88. The lowest BCUT2D eigenvalue weighted by atomic mass is 10.1. The van der Waals surface area contributed by atoms with Crippen LogP contribution in [0.15, 0.2) is 33.8 Å². The summed E-state index contributed by atoms with van der Waals surface area (Å²) in [5, 5.41) is 10.5. The van der Waals surface area contributed by atoms with Crippen LogP contribution in [0, 0.1) is 0 Å². The molecule has 5 heteroatoms. The lowest BCUT2D eigenvalue weighted by molar-refractivity contribution is 0.478. The van der Waals surface area contributed by atoms with Crippen molar-refractivity contribution >= 4 is 39.0 Å². The highest BCUT2D eigenvalue weighted by Gasteiger charge is 2.18. The quantitative estimate of drug-likeness (QED) is 0.671. The molecule has 1 aromatic rings. The van der Waals surface area contributed by atoms with Gasteiger partial charge < -0.3 is 5.32 Å². The fourth-order valence-electron chi connectivity index (χ4n) is 1.94. The summed E-state index contributed by atoms with van der Waals surface area (Å²) in [5.41, 5.74) is 2.26. The number of nitrogens with zero attached hydrogens (tertiary/aromatic N) is 2. The smallest absolute Gasteiger partial charge is 0.189 e. The monoisotopic (exact) mass is 339 g/mol. The highest BCUT2D eigenvalue weighted by Crippen LogP contribution is 2.17. The van der Waals surface area contributed by atoms with E-state index in [4.69, 9.17) is 12.2 Å². The number of hydrogen-bond donors (Lipinski definition) is 1. The molecule has 0 saturated carbocycles. The summed E-state index contributed by atoms with van der Waals surface area (Å²) in [5.74, 6) is 0. The van der Waals surface area contributed by atoms with Crippen LogP contribution in [0.25, 0.3) is 0 Å². The van der Waals surface area contributed by atoms with Crippen LogP contribution in [0.4, 0.5) is 0 Å². The van der Waals surface area contributed by atoms with Crippen LogP contribution < -0.4 is 5.32 Å². The van der Waals surface area contributed by atoms with E-state index in [0.29, 0.717) is 0 Å². The van der Waals surface area contributed by atoms with Crippen molar-refractivity contribution in [1.82, 2.24) is 10.3 Å². The maximum absolute atomic E-state index is 5.35. The molecule has 0 spiro atoms. The van der Waals surface area contributed by atoms with Crippen molar-refractivity contribution < 1.29 is 0 Å². The lowest BCUT2D eigenvalue weighted by Crippen LogP contribution is -2.35. The number of halogens is 1. The van der Waals surface area contributed by atoms with Crippen molar-refractivity contribution in [2.75, 3.05) is 13.1 Å². The van der Waals surface area contributed by atoms with Gasteiger partial charge >= 0.3 is 0 Å². The lowest BCUT2D eigenvalue weighted by Gasteiger charge is -2.15. The van der Waals surface area contributed by atoms with E-state index < -0.39 is 0 Å². The molecule has 0 fully saturated rings. The zero-order chi connectivity index (χ0) is 13.7. The Kier molecular flexibility index (Phi) is 5.34. The summed E-state index contributed by atoms with van der Waals surface area (Å²) in [4.78, 5) is 0. The summed E-state index contributed by atoms with van der Waals surface area (Å²) >= 11 is 8.84. The van der Waals surface area contributed by atoms with Crippen molar-refractivity contribution in [2.24, 2.45) is 5.10 Å². The number of thiocarbonyl (C=S) groups is 1. The first-order chi connectivity index (χ1) is 9.20. The van der Waals surface area contributed by atoms with Gasteiger partial charge in [0.25, 0.3) is 0 Å². The van der Waals surface area contributed by atoms with Gasteiger partial charge in [0.1, 0.15) is 0 Å². The molecular formula is C14H18BrN3S. The maximum Gasteiger partial charge on any atom is 0.189 e. The van der Waals surface area contributed by atoms with Gasteiger partial charge in [-0.25, -0.2) is 5.01 Å². The standard InChI is InChI=1S/C14H18BrN3S/c1-2-3-8-16-14(19)18-9-7-13(17-18)11-5-4-6-12(15)10-11/h4-6,10H,2-3,7-9H2,1H3,(H,16,19). The second-order valence-corrected chi connectivity index (χ2v) is 5.82. The second-order valence-electron chi connectivity index (χ2n) is 4.52. The van der Waals surface area contributed by atoms with Crippen molar-refractivity contribution in [2.45, 2.75) is 26.2 Å². The van der Waals surface area contributed by atoms with E-state index in [1.165, 1.54) is 6.42 Å². The molecule has 19 heavy (non-hydrogen) atoms. The third-order valence-electron chi connectivity index (χ3n) is 3.00. The summed E-state index contributed by atoms with van der Waals surface area (Å²) in [6, 6.07) is 8.23. The van der Waals surface area contributed by atoms with E-state index in [-0.39, 0.29) is 0 Å². The van der Waals surface area contributed by atoms with Gasteiger partial charge in [-0.05, 0) is 36.3 Å². The second kappa shape index (κ2) is 7.01. The van der Waals surface area contributed by atoms with Gasteiger partial charge in [0, 0.05) is 24.0 Å². The highest BCUT2D eigenvalue weighted by atomic mass is 79.9. The van der Waals surface area contributed by atoms with Gasteiger partial charge in [-0.1, -0.05) is 41.4 Å². The molecule has 0 unspecified atom stereocenters. The van der Waals surface area contributed by atoms with Crippen LogP contribution in [-0.4, -0.2) is 28.9 Å². The van der Waals surface area contributed by atoms with E-state index in [9.17, 15) is 0 Å². The summed E-state index contributed by atoms with van der Waals surface area (Å²) in [6.07, 6.45) is 3.24. The van der Waals surface area contributed by atoms with E-state index in [1.807, 2.05) is 17.1 Å². The van der Waals surface area contributed by atoms with E-state index in [1.54, 1.807) is 0 Å². The Labute approximate surface area is 128 Å². The van der Waals surface area contributed by atoms with E-state index in [2.05, 4.69) is 45.4 Å². The molecule has 1 N–H and O–H groups in total. The minimum atomic E-state index is 0.735. The molecule has 2 rings (SSSR count). The van der Waals surface area contributed by atoms with Gasteiger partial charge in [-0.3, -0.25) is 0 Å². The topological polar surface area (TPSA) is 27.6 Å². The Morgan fingerprint density at radius 1 is 1.53 bits per heavy atom. The molecule has 1 heterocycles. The Hall–Kier alpha value is -0.940. The van der Waals surface area contributed by atoms with E-state index in [0.717, 1.165) is 46.8 Å². The Morgan fingerprint density at radius 2 is 2.37 bits per heavy atom. The largest absolute Gasteiger partial charge is 0.361 e. The molecule has 0 bridgehead atoms. The predicted octanol–water partition coefficient (Wildman–Crippen LogP) is 3.53. The van der Waals surface area contributed by atoms with Crippen molar-refractivity contribution in [3.63, 3.8) is 0 Å². The van der Waals surface area contributed by atoms with E-state index >= 15 is 0 Å². The Balaban J connectivity index is 1.98. The van der Waals surface area contributed by atoms with Crippen molar-refractivity contribution in [3.8, 4) is 0 Å². The number of nitrogens with one attached hydrogen (secondary N) is 1. The van der Waals surface area contributed by atoms with Crippen molar-refractivity contribution in [3.05, 3.63) is 34.3 Å². The van der Waals surface area contributed by atoms with Crippen LogP contribution in [0.1, 0.15) is 31.7 Å². The maximum atomic E-state index is 5.35. The molecule has 0 amide bonds. The van der Waals surface area contributed by atoms with Crippen molar-refractivity contribution in [1.29, 1.82) is 0 Å². The number of hydrazone groups is 1. The molecule has 102 valence electrons. The zero-order valence-electron chi connectivity index (χ0n) is 11.0. The molecular weight excluding hydrogens is 322 g/mol. The molecule has 1 aliphatic rings. The van der Waals surface area contributed by atoms with Crippen LogP contribution in [0.5, 0.6) is 0 Å². The third-order valence-corrected chi connectivity index (χ3v) is 3.85. The van der Waals surface area contributed by atoms with Crippen LogP contribution in [0.2, 0.25) is 0 Å². The molecule has 0 saturated heterocycles. The fraction of sp³-hybridized carbons (Fsp3) is 0.429. The first-order valence-corrected chi connectivity index (χ1v) is 7.79. The number of benzene rings is 1. The molecule has 0 aromatic heterocycles. The summed E-state index contributed by atoms with van der Waals surface area (Å²) < 4.78 is 1.08. The molecule has 0 radical (unpaired) electrons. The van der Waals surface area contributed by atoms with Crippen LogP contribution in [0.3, 0.4) is 0 Å². The Bertz CT molecular complexity index is 487. The van der Waals surface area contributed by atoms with Gasteiger partial charge in [0.2, 0.25) is 0 Å². The predicted molar refractivity (Wildman–Crippen MR) is 87.5 cm³/mol. The van der Waals surface area contributed by atoms with Crippen LogP contribution in [-0.2, 0) is 0 Å². The fourth-order valence-corrected chi connectivity index (χ4v) is 2.57. The minimum Gasteiger partial charge on any atom is -0.361 e. The number of rotatable bonds is 4. The molecule has 0 aliphatic carbocycles. The molecule has 0 atom stereocenters. The summed E-state index contributed by atoms with van der Waals surface area (Å²) in [6.45, 7) is 3.96. The third kappa shape index (κ3) is 4.01. The number of unbranched alkanes of at least 4 members (excludes halogenated alkanes) is 1. The molecule has 1 aliphatic heterocycles. The van der Waals surface area contributed by atoms with Gasteiger partial charge in [0.15, 0.2) is 5.11 Å². The van der Waals surface area contributed by atoms with Gasteiger partial charge in [-0.2, -0.15) is 5.10 Å². The summed E-state index contributed by atoms with van der Waals surface area (Å²) in [7, 11) is 0. The first kappa shape index (κ1) is 14.5.